The minimum absolute atomic E-state index is 0.143. The van der Waals surface area contributed by atoms with Crippen LogP contribution in [0.5, 0.6) is 0 Å². The quantitative estimate of drug-likeness (QED) is 0.258. The second kappa shape index (κ2) is 8.63. The Morgan fingerprint density at radius 1 is 1.03 bits per heavy atom. The monoisotopic (exact) mass is 421 g/mol. The van der Waals surface area contributed by atoms with Gasteiger partial charge in [-0.3, -0.25) is 9.59 Å². The lowest BCUT2D eigenvalue weighted by Crippen LogP contribution is -2.11. The number of amides is 1. The molecule has 2 aromatic heterocycles. The van der Waals surface area contributed by atoms with Gasteiger partial charge in [0.25, 0.3) is 5.56 Å². The zero-order chi connectivity index (χ0) is 20.2. The van der Waals surface area contributed by atoms with Crippen LogP contribution < -0.4 is 11.3 Å². The number of carbonyl (C=O) groups is 1. The van der Waals surface area contributed by atoms with Gasteiger partial charge in [0.2, 0.25) is 5.91 Å². The fraction of sp³-hybridized carbons (Fsp3) is 0.136. The summed E-state index contributed by atoms with van der Waals surface area (Å²) >= 11 is 2.89. The number of thioether (sulfide) groups is 1. The molecule has 4 rings (SSSR count). The van der Waals surface area contributed by atoms with Gasteiger partial charge in [-0.2, -0.15) is 0 Å². The maximum atomic E-state index is 12.7. The number of nitrogens with zero attached hydrogens (tertiary/aromatic N) is 1. The summed E-state index contributed by atoms with van der Waals surface area (Å²) < 4.78 is 0. The van der Waals surface area contributed by atoms with Crippen molar-refractivity contribution in [3.8, 4) is 22.3 Å². The zero-order valence-electron chi connectivity index (χ0n) is 15.6. The van der Waals surface area contributed by atoms with Crippen LogP contribution in [0.4, 0.5) is 0 Å². The van der Waals surface area contributed by atoms with Crippen LogP contribution in [0.15, 0.2) is 69.9 Å². The number of nitrogens with two attached hydrogens (primary N) is 1. The first-order valence-corrected chi connectivity index (χ1v) is 11.1. The standard InChI is InChI=1S/C22H19N3O2S2/c23-18(26)7-4-12-28-22-24-20(27)19-17(13-29-21(19)25-22)16-10-8-15(9-11-16)14-5-2-1-3-6-14/h1-3,5-6,8-11,13H,4,7,12H2,(H2,23,26)(H,24,25,27). The first kappa shape index (κ1) is 19.4. The molecular formula is C22H19N3O2S2. The highest BCUT2D eigenvalue weighted by atomic mass is 32.2. The van der Waals surface area contributed by atoms with Crippen LogP contribution in [0.25, 0.3) is 32.5 Å². The van der Waals surface area contributed by atoms with Crippen molar-refractivity contribution in [1.82, 2.24) is 9.97 Å². The molecule has 1 amide bonds. The lowest BCUT2D eigenvalue weighted by atomic mass is 10.0. The van der Waals surface area contributed by atoms with Gasteiger partial charge in [0.15, 0.2) is 5.16 Å². The third kappa shape index (κ3) is 4.41. The number of primary amides is 1. The minimum Gasteiger partial charge on any atom is -0.370 e. The molecule has 7 heteroatoms. The van der Waals surface area contributed by atoms with E-state index in [1.807, 2.05) is 35.7 Å². The molecular weight excluding hydrogens is 402 g/mol. The Bertz CT molecular complexity index is 1200. The van der Waals surface area contributed by atoms with Crippen LogP contribution in [0.3, 0.4) is 0 Å². The fourth-order valence-electron chi connectivity index (χ4n) is 3.10. The van der Waals surface area contributed by atoms with E-state index in [0.717, 1.165) is 22.3 Å². The Balaban J connectivity index is 1.59. The molecule has 4 aromatic rings. The topological polar surface area (TPSA) is 88.8 Å². The molecule has 0 aliphatic rings. The molecule has 0 bridgehead atoms. The van der Waals surface area contributed by atoms with Crippen LogP contribution >= 0.6 is 23.1 Å². The van der Waals surface area contributed by atoms with Gasteiger partial charge in [-0.05, 0) is 23.1 Å². The third-order valence-electron chi connectivity index (χ3n) is 4.53. The van der Waals surface area contributed by atoms with Crippen molar-refractivity contribution in [2.75, 3.05) is 5.75 Å². The smallest absolute Gasteiger partial charge is 0.260 e. The highest BCUT2D eigenvalue weighted by Crippen LogP contribution is 2.33. The second-order valence-electron chi connectivity index (χ2n) is 6.56. The molecule has 2 heterocycles. The molecule has 0 aliphatic heterocycles. The Labute approximate surface area is 176 Å². The maximum absolute atomic E-state index is 12.7. The zero-order valence-corrected chi connectivity index (χ0v) is 17.2. The van der Waals surface area contributed by atoms with Crippen LogP contribution in [-0.2, 0) is 4.79 Å². The molecule has 0 radical (unpaired) electrons. The summed E-state index contributed by atoms with van der Waals surface area (Å²) in [6.07, 6.45) is 0.993. The SMILES string of the molecule is NC(=O)CCCSc1nc2scc(-c3ccc(-c4ccccc4)cc3)c2c(=O)[nH]1. The van der Waals surface area contributed by atoms with E-state index in [9.17, 15) is 9.59 Å². The van der Waals surface area contributed by atoms with E-state index in [2.05, 4.69) is 34.2 Å². The summed E-state index contributed by atoms with van der Waals surface area (Å²) in [7, 11) is 0. The Morgan fingerprint density at radius 2 is 1.72 bits per heavy atom. The first-order chi connectivity index (χ1) is 14.1. The number of hydrogen-bond donors (Lipinski definition) is 2. The summed E-state index contributed by atoms with van der Waals surface area (Å²) in [4.78, 5) is 31.7. The predicted molar refractivity (Wildman–Crippen MR) is 120 cm³/mol. The van der Waals surface area contributed by atoms with Gasteiger partial charge in [0, 0.05) is 23.1 Å². The minimum atomic E-state index is -0.316. The molecule has 0 unspecified atom stereocenters. The average molecular weight is 422 g/mol. The number of H-pyrrole nitrogens is 1. The third-order valence-corrected chi connectivity index (χ3v) is 6.36. The summed E-state index contributed by atoms with van der Waals surface area (Å²) in [5.41, 5.74) is 9.18. The molecule has 5 nitrogen and oxygen atoms in total. The lowest BCUT2D eigenvalue weighted by Gasteiger charge is -2.04. The summed E-state index contributed by atoms with van der Waals surface area (Å²) in [6, 6.07) is 18.4. The largest absolute Gasteiger partial charge is 0.370 e. The van der Waals surface area contributed by atoms with E-state index in [1.54, 1.807) is 0 Å². The number of fused-ring (bicyclic) bond motifs is 1. The van der Waals surface area contributed by atoms with E-state index in [-0.39, 0.29) is 11.5 Å². The van der Waals surface area contributed by atoms with Crippen molar-refractivity contribution >= 4 is 39.2 Å². The molecule has 0 atom stereocenters. The summed E-state index contributed by atoms with van der Waals surface area (Å²) in [6.45, 7) is 0. The Morgan fingerprint density at radius 3 is 2.45 bits per heavy atom. The lowest BCUT2D eigenvalue weighted by molar-refractivity contribution is -0.118. The van der Waals surface area contributed by atoms with Gasteiger partial charge in [-0.15, -0.1) is 11.3 Å². The van der Waals surface area contributed by atoms with Crippen molar-refractivity contribution in [3.63, 3.8) is 0 Å². The van der Waals surface area contributed by atoms with E-state index >= 15 is 0 Å². The normalized spacial score (nSPS) is 11.0. The number of rotatable bonds is 7. The van der Waals surface area contributed by atoms with Gasteiger partial charge >= 0.3 is 0 Å². The number of thiophene rings is 1. The number of nitrogens with one attached hydrogen (secondary N) is 1. The van der Waals surface area contributed by atoms with Crippen LogP contribution in [0.2, 0.25) is 0 Å². The Hall–Kier alpha value is -2.90. The van der Waals surface area contributed by atoms with Crippen molar-refractivity contribution in [2.45, 2.75) is 18.0 Å². The van der Waals surface area contributed by atoms with Crippen LogP contribution in [0.1, 0.15) is 12.8 Å². The molecule has 146 valence electrons. The van der Waals surface area contributed by atoms with Crippen molar-refractivity contribution in [1.29, 1.82) is 0 Å². The van der Waals surface area contributed by atoms with E-state index in [0.29, 0.717) is 34.0 Å². The Kier molecular flexibility index (Phi) is 5.78. The molecule has 0 saturated carbocycles. The molecule has 29 heavy (non-hydrogen) atoms. The first-order valence-electron chi connectivity index (χ1n) is 9.20. The molecule has 0 aliphatic carbocycles. The van der Waals surface area contributed by atoms with E-state index in [1.165, 1.54) is 23.1 Å². The second-order valence-corrected chi connectivity index (χ2v) is 8.50. The number of benzene rings is 2. The fourth-order valence-corrected chi connectivity index (χ4v) is 4.91. The van der Waals surface area contributed by atoms with Crippen LogP contribution in [0, 0.1) is 0 Å². The average Bonchev–Trinajstić information content (AvgIpc) is 3.16. The molecule has 0 saturated heterocycles. The summed E-state index contributed by atoms with van der Waals surface area (Å²) in [5.74, 6) is 0.361. The number of hydrogen-bond acceptors (Lipinski definition) is 5. The van der Waals surface area contributed by atoms with Gasteiger partial charge in [0.1, 0.15) is 4.83 Å². The van der Waals surface area contributed by atoms with Gasteiger partial charge in [-0.1, -0.05) is 66.4 Å². The highest BCUT2D eigenvalue weighted by molar-refractivity contribution is 7.99. The van der Waals surface area contributed by atoms with E-state index in [4.69, 9.17) is 5.73 Å². The molecule has 0 spiro atoms. The molecule has 2 aromatic carbocycles. The number of carbonyl (C=O) groups excluding carboxylic acids is 1. The summed E-state index contributed by atoms with van der Waals surface area (Å²) in [5, 5.41) is 3.16. The van der Waals surface area contributed by atoms with Crippen molar-refractivity contribution < 1.29 is 4.79 Å². The molecule has 3 N–H and O–H groups in total. The highest BCUT2D eigenvalue weighted by Gasteiger charge is 2.13. The van der Waals surface area contributed by atoms with Gasteiger partial charge < -0.3 is 10.7 Å². The van der Waals surface area contributed by atoms with Crippen molar-refractivity contribution in [2.24, 2.45) is 5.73 Å². The number of aromatic amines is 1. The van der Waals surface area contributed by atoms with Gasteiger partial charge in [-0.25, -0.2) is 4.98 Å². The molecule has 0 fully saturated rings. The van der Waals surface area contributed by atoms with Crippen LogP contribution in [-0.4, -0.2) is 21.6 Å². The van der Waals surface area contributed by atoms with E-state index < -0.39 is 0 Å². The number of aromatic nitrogens is 2. The maximum Gasteiger partial charge on any atom is 0.260 e. The van der Waals surface area contributed by atoms with Crippen molar-refractivity contribution in [3.05, 3.63) is 70.3 Å². The van der Waals surface area contributed by atoms with Gasteiger partial charge in [0.05, 0.1) is 5.39 Å². The predicted octanol–water partition coefficient (Wildman–Crippen LogP) is 4.68.